The molecule has 1 aliphatic rings. The van der Waals surface area contributed by atoms with Crippen molar-refractivity contribution in [2.45, 2.75) is 19.4 Å². The van der Waals surface area contributed by atoms with Gasteiger partial charge in [-0.05, 0) is 24.8 Å². The molecule has 6 heteroatoms. The van der Waals surface area contributed by atoms with Crippen molar-refractivity contribution in [2.24, 2.45) is 5.92 Å². The molecule has 0 unspecified atom stereocenters. The lowest BCUT2D eigenvalue weighted by Gasteiger charge is -2.04. The Morgan fingerprint density at radius 3 is 2.94 bits per heavy atom. The Bertz CT molecular complexity index is 409. The van der Waals surface area contributed by atoms with Crippen molar-refractivity contribution in [1.82, 2.24) is 15.5 Å². The molecule has 0 saturated heterocycles. The molecule has 0 amide bonds. The van der Waals surface area contributed by atoms with E-state index in [0.29, 0.717) is 24.8 Å². The van der Waals surface area contributed by atoms with E-state index < -0.39 is 9.84 Å². The van der Waals surface area contributed by atoms with Crippen LogP contribution in [-0.4, -0.2) is 36.7 Å². The number of nitrogens with one attached hydrogen (secondary N) is 2. The zero-order valence-electron chi connectivity index (χ0n) is 9.15. The fourth-order valence-corrected chi connectivity index (χ4v) is 3.23. The quantitative estimate of drug-likeness (QED) is 0.677. The fraction of sp³-hybridized carbons (Fsp3) is 0.700. The average molecular weight is 243 g/mol. The molecule has 5 nitrogen and oxygen atoms in total. The number of H-pyrrole nitrogens is 1. The van der Waals surface area contributed by atoms with Gasteiger partial charge in [0.15, 0.2) is 9.84 Å². The third-order valence-electron chi connectivity index (χ3n) is 2.65. The maximum absolute atomic E-state index is 11.6. The first-order valence-corrected chi connectivity index (χ1v) is 7.37. The monoisotopic (exact) mass is 243 g/mol. The number of aromatic amines is 1. The van der Waals surface area contributed by atoms with Crippen LogP contribution in [0.15, 0.2) is 12.3 Å². The van der Waals surface area contributed by atoms with E-state index >= 15 is 0 Å². The summed E-state index contributed by atoms with van der Waals surface area (Å²) in [6.45, 7) is 1.15. The Balaban J connectivity index is 1.63. The summed E-state index contributed by atoms with van der Waals surface area (Å²) in [5.41, 5.74) is 0.972. The summed E-state index contributed by atoms with van der Waals surface area (Å²) in [4.78, 5) is 0. The molecular formula is C10H17N3O2S. The Kier molecular flexibility index (Phi) is 3.60. The summed E-state index contributed by atoms with van der Waals surface area (Å²) in [5.74, 6) is 1.05. The number of hydrogen-bond acceptors (Lipinski definition) is 4. The van der Waals surface area contributed by atoms with Crippen molar-refractivity contribution >= 4 is 9.84 Å². The normalized spacial score (nSPS) is 16.5. The Labute approximate surface area is 95.6 Å². The molecule has 0 bridgehead atoms. The largest absolute Gasteiger partial charge is 0.310 e. The smallest absolute Gasteiger partial charge is 0.151 e. The highest BCUT2D eigenvalue weighted by atomic mass is 32.2. The molecule has 1 saturated carbocycles. The van der Waals surface area contributed by atoms with Gasteiger partial charge in [-0.15, -0.1) is 0 Å². The first-order valence-electron chi connectivity index (χ1n) is 5.55. The molecule has 0 atom stereocenters. The topological polar surface area (TPSA) is 74.8 Å². The van der Waals surface area contributed by atoms with Gasteiger partial charge in [0.05, 0.1) is 11.5 Å². The molecule has 0 radical (unpaired) electrons. The first kappa shape index (κ1) is 11.6. The first-order chi connectivity index (χ1) is 7.66. The van der Waals surface area contributed by atoms with E-state index in [1.54, 1.807) is 6.20 Å². The number of aromatic nitrogens is 2. The lowest BCUT2D eigenvalue weighted by Crippen LogP contribution is -2.24. The SMILES string of the molecule is O=S(=O)(CCNCc1ccn[nH]1)CC1CC1. The second kappa shape index (κ2) is 4.97. The van der Waals surface area contributed by atoms with Crippen LogP contribution in [0.2, 0.25) is 0 Å². The van der Waals surface area contributed by atoms with Crippen molar-refractivity contribution in [2.75, 3.05) is 18.1 Å². The van der Waals surface area contributed by atoms with Gasteiger partial charge in [-0.1, -0.05) is 0 Å². The Morgan fingerprint density at radius 2 is 2.31 bits per heavy atom. The minimum absolute atomic E-state index is 0.234. The highest BCUT2D eigenvalue weighted by Gasteiger charge is 2.27. The van der Waals surface area contributed by atoms with E-state index in [1.165, 1.54) is 0 Å². The van der Waals surface area contributed by atoms with Gasteiger partial charge in [-0.25, -0.2) is 8.42 Å². The maximum Gasteiger partial charge on any atom is 0.151 e. The van der Waals surface area contributed by atoms with Gasteiger partial charge < -0.3 is 5.32 Å². The van der Waals surface area contributed by atoms with Crippen molar-refractivity contribution in [1.29, 1.82) is 0 Å². The van der Waals surface area contributed by atoms with Crippen molar-refractivity contribution in [3.05, 3.63) is 18.0 Å². The Morgan fingerprint density at radius 1 is 1.50 bits per heavy atom. The van der Waals surface area contributed by atoms with Gasteiger partial charge in [0, 0.05) is 25.0 Å². The lowest BCUT2D eigenvalue weighted by atomic mass is 10.4. The highest BCUT2D eigenvalue weighted by Crippen LogP contribution is 2.30. The second-order valence-corrected chi connectivity index (χ2v) is 6.55. The molecule has 0 aromatic carbocycles. The third-order valence-corrected chi connectivity index (χ3v) is 4.46. The predicted molar refractivity (Wildman–Crippen MR) is 61.7 cm³/mol. The number of sulfone groups is 1. The number of rotatable bonds is 7. The molecule has 1 aliphatic carbocycles. The minimum atomic E-state index is -2.85. The van der Waals surface area contributed by atoms with Crippen molar-refractivity contribution < 1.29 is 8.42 Å². The molecule has 0 spiro atoms. The molecule has 0 aliphatic heterocycles. The molecule has 1 aromatic rings. The van der Waals surface area contributed by atoms with E-state index in [-0.39, 0.29) is 5.75 Å². The lowest BCUT2D eigenvalue weighted by molar-refractivity contribution is 0.586. The molecule has 16 heavy (non-hydrogen) atoms. The molecule has 1 fully saturated rings. The molecule has 1 aromatic heterocycles. The van der Waals surface area contributed by atoms with Gasteiger partial charge in [-0.3, -0.25) is 5.10 Å². The van der Waals surface area contributed by atoms with Gasteiger partial charge in [0.25, 0.3) is 0 Å². The molecular weight excluding hydrogens is 226 g/mol. The maximum atomic E-state index is 11.6. The van der Waals surface area contributed by atoms with Crippen LogP contribution in [0.25, 0.3) is 0 Å². The fourth-order valence-electron chi connectivity index (χ4n) is 1.56. The van der Waals surface area contributed by atoms with Crippen molar-refractivity contribution in [3.8, 4) is 0 Å². The van der Waals surface area contributed by atoms with E-state index in [2.05, 4.69) is 15.5 Å². The van der Waals surface area contributed by atoms with Gasteiger partial charge in [0.1, 0.15) is 0 Å². The second-order valence-electron chi connectivity index (χ2n) is 4.32. The van der Waals surface area contributed by atoms with Crippen LogP contribution >= 0.6 is 0 Å². The summed E-state index contributed by atoms with van der Waals surface area (Å²) in [7, 11) is -2.85. The molecule has 2 N–H and O–H groups in total. The van der Waals surface area contributed by atoms with Crippen LogP contribution in [0.3, 0.4) is 0 Å². The van der Waals surface area contributed by atoms with Gasteiger partial charge in [0.2, 0.25) is 0 Å². The summed E-state index contributed by atoms with van der Waals surface area (Å²) in [6.07, 6.45) is 3.85. The Hall–Kier alpha value is -0.880. The number of hydrogen-bond donors (Lipinski definition) is 2. The molecule has 1 heterocycles. The third kappa shape index (κ3) is 3.94. The van der Waals surface area contributed by atoms with Crippen molar-refractivity contribution in [3.63, 3.8) is 0 Å². The minimum Gasteiger partial charge on any atom is -0.310 e. The van der Waals surface area contributed by atoms with E-state index in [1.807, 2.05) is 6.07 Å². The standard InChI is InChI=1S/C10H17N3O2S/c14-16(15,8-9-1-2-9)6-5-11-7-10-3-4-12-13-10/h3-4,9,11H,1-2,5-8H2,(H,12,13). The summed E-state index contributed by atoms with van der Waals surface area (Å²) in [5, 5.41) is 9.72. The number of nitrogens with zero attached hydrogens (tertiary/aromatic N) is 1. The van der Waals surface area contributed by atoms with Crippen LogP contribution in [0, 0.1) is 5.92 Å². The van der Waals surface area contributed by atoms with Crippen LogP contribution < -0.4 is 5.32 Å². The van der Waals surface area contributed by atoms with Crippen LogP contribution in [0.1, 0.15) is 18.5 Å². The zero-order valence-corrected chi connectivity index (χ0v) is 9.96. The summed E-state index contributed by atoms with van der Waals surface area (Å²) in [6, 6.07) is 1.87. The van der Waals surface area contributed by atoms with Gasteiger partial charge in [-0.2, -0.15) is 5.10 Å². The zero-order chi connectivity index (χ0) is 11.4. The van der Waals surface area contributed by atoms with Crippen LogP contribution in [-0.2, 0) is 16.4 Å². The summed E-state index contributed by atoms with van der Waals surface area (Å²) < 4.78 is 23.2. The summed E-state index contributed by atoms with van der Waals surface area (Å²) >= 11 is 0. The molecule has 2 rings (SSSR count). The van der Waals surface area contributed by atoms with Crippen LogP contribution in [0.5, 0.6) is 0 Å². The van der Waals surface area contributed by atoms with E-state index in [4.69, 9.17) is 0 Å². The molecule has 90 valence electrons. The van der Waals surface area contributed by atoms with E-state index in [0.717, 1.165) is 18.5 Å². The average Bonchev–Trinajstić information content (AvgIpc) is 2.86. The van der Waals surface area contributed by atoms with Gasteiger partial charge >= 0.3 is 0 Å². The predicted octanol–water partition coefficient (Wildman–Crippen LogP) is 0.324. The van der Waals surface area contributed by atoms with Crippen LogP contribution in [0.4, 0.5) is 0 Å². The highest BCUT2D eigenvalue weighted by molar-refractivity contribution is 7.91. The van der Waals surface area contributed by atoms with E-state index in [9.17, 15) is 8.42 Å².